The average molecular weight is 270 g/mol. The number of aryl methyl sites for hydroxylation is 2. The molecule has 0 saturated carbocycles. The molecule has 1 heteroatoms. The lowest BCUT2D eigenvalue weighted by atomic mass is 10.2. The lowest BCUT2D eigenvalue weighted by molar-refractivity contribution is 0.793. The van der Waals surface area contributed by atoms with Crippen molar-refractivity contribution in [3.8, 4) is 0 Å². The van der Waals surface area contributed by atoms with Crippen molar-refractivity contribution in [1.29, 1.82) is 0 Å². The Labute approximate surface area is 118 Å². The van der Waals surface area contributed by atoms with Crippen LogP contribution in [0.15, 0.2) is 48.5 Å². The van der Waals surface area contributed by atoms with Gasteiger partial charge in [-0.1, -0.05) is 80.4 Å². The van der Waals surface area contributed by atoms with Gasteiger partial charge in [0.15, 0.2) is 0 Å². The lowest BCUT2D eigenvalue weighted by Gasteiger charge is -2.32. The van der Waals surface area contributed by atoms with Gasteiger partial charge in [0.1, 0.15) is 0 Å². The third-order valence-corrected chi connectivity index (χ3v) is 6.23. The van der Waals surface area contributed by atoms with E-state index in [-0.39, 0.29) is 13.1 Å². The number of rotatable bonds is 2. The van der Waals surface area contributed by atoms with E-state index < -0.39 is 0 Å². The molecule has 0 aliphatic heterocycles. The summed E-state index contributed by atoms with van der Waals surface area (Å²) in [6, 6.07) is 18.1. The molecule has 0 heterocycles. The predicted octanol–water partition coefficient (Wildman–Crippen LogP) is 4.53. The summed E-state index contributed by atoms with van der Waals surface area (Å²) in [6.45, 7) is 11.3. The number of benzene rings is 2. The molecular weight excluding hydrogens is 247 g/mol. The van der Waals surface area contributed by atoms with E-state index in [1.807, 2.05) is 0 Å². The van der Waals surface area contributed by atoms with Crippen LogP contribution >= 0.6 is 7.92 Å². The van der Waals surface area contributed by atoms with Crippen LogP contribution in [0, 0.1) is 13.8 Å². The first-order chi connectivity index (χ1) is 8.88. The molecular formula is C18H23P. The van der Waals surface area contributed by atoms with Crippen molar-refractivity contribution >= 4 is 18.5 Å². The smallest absolute Gasteiger partial charge is 0.00991 e. The highest BCUT2D eigenvalue weighted by atomic mass is 31.1. The van der Waals surface area contributed by atoms with Crippen molar-refractivity contribution in [3.05, 3.63) is 59.7 Å². The van der Waals surface area contributed by atoms with Gasteiger partial charge in [0.05, 0.1) is 0 Å². The van der Waals surface area contributed by atoms with Gasteiger partial charge in [-0.25, -0.2) is 0 Å². The van der Waals surface area contributed by atoms with Crippen molar-refractivity contribution in [3.63, 3.8) is 0 Å². The summed E-state index contributed by atoms with van der Waals surface area (Å²) in [5, 5.41) is 3.22. The van der Waals surface area contributed by atoms with E-state index >= 15 is 0 Å². The molecule has 0 nitrogen and oxygen atoms in total. The quantitative estimate of drug-likeness (QED) is 0.703. The molecule has 0 aromatic heterocycles. The zero-order chi connectivity index (χ0) is 14.0. The normalized spacial score (nSPS) is 11.9. The second-order valence-corrected chi connectivity index (χ2v) is 9.22. The van der Waals surface area contributed by atoms with E-state index in [2.05, 4.69) is 83.1 Å². The zero-order valence-electron chi connectivity index (χ0n) is 12.6. The molecule has 0 spiro atoms. The molecule has 0 unspecified atom stereocenters. The van der Waals surface area contributed by atoms with Gasteiger partial charge < -0.3 is 0 Å². The fraction of sp³-hybridized carbons (Fsp3) is 0.333. The van der Waals surface area contributed by atoms with Gasteiger partial charge in [0.25, 0.3) is 0 Å². The summed E-state index contributed by atoms with van der Waals surface area (Å²) in [5.74, 6) is 0. The van der Waals surface area contributed by atoms with Gasteiger partial charge in [-0.3, -0.25) is 0 Å². The predicted molar refractivity (Wildman–Crippen MR) is 88.3 cm³/mol. The molecule has 0 fully saturated rings. The first kappa shape index (κ1) is 14.3. The molecule has 0 aliphatic carbocycles. The fourth-order valence-electron chi connectivity index (χ4n) is 2.31. The minimum absolute atomic E-state index is 0.278. The standard InChI is InChI=1S/C18H23P/c1-14-6-10-16(11-7-14)19(18(3,4)5)17-12-8-15(2)9-13-17/h6-13H,1-5H3. The molecule has 0 saturated heterocycles. The highest BCUT2D eigenvalue weighted by Crippen LogP contribution is 2.47. The lowest BCUT2D eigenvalue weighted by Crippen LogP contribution is -2.26. The van der Waals surface area contributed by atoms with E-state index in [4.69, 9.17) is 0 Å². The maximum atomic E-state index is 2.35. The third kappa shape index (κ3) is 3.45. The molecule has 0 aliphatic rings. The third-order valence-electron chi connectivity index (χ3n) is 3.26. The Kier molecular flexibility index (Phi) is 4.11. The maximum Gasteiger partial charge on any atom is -0.00991 e. The van der Waals surface area contributed by atoms with Crippen LogP contribution in [0.1, 0.15) is 31.9 Å². The van der Waals surface area contributed by atoms with Crippen molar-refractivity contribution in [2.45, 2.75) is 39.8 Å². The van der Waals surface area contributed by atoms with Crippen LogP contribution in [0.2, 0.25) is 0 Å². The minimum atomic E-state index is -0.317. The first-order valence-electron chi connectivity index (χ1n) is 6.81. The minimum Gasteiger partial charge on any atom is -0.0587 e. The summed E-state index contributed by atoms with van der Waals surface area (Å²) < 4.78 is 0. The molecule has 19 heavy (non-hydrogen) atoms. The number of hydrogen-bond acceptors (Lipinski definition) is 0. The van der Waals surface area contributed by atoms with Crippen LogP contribution in [-0.2, 0) is 0 Å². The fourth-order valence-corrected chi connectivity index (χ4v) is 5.05. The molecule has 0 atom stereocenters. The molecule has 100 valence electrons. The highest BCUT2D eigenvalue weighted by molar-refractivity contribution is 7.74. The van der Waals surface area contributed by atoms with Crippen LogP contribution in [0.4, 0.5) is 0 Å². The Morgan fingerprint density at radius 2 is 0.947 bits per heavy atom. The maximum absolute atomic E-state index is 2.35. The second-order valence-electron chi connectivity index (χ2n) is 6.18. The Balaban J connectivity index is 2.47. The molecule has 0 radical (unpaired) electrons. The van der Waals surface area contributed by atoms with E-state index in [0.29, 0.717) is 0 Å². The first-order valence-corrected chi connectivity index (χ1v) is 8.16. The molecule has 2 aromatic rings. The summed E-state index contributed by atoms with van der Waals surface area (Å²) in [5.41, 5.74) is 2.66. The molecule has 0 bridgehead atoms. The van der Waals surface area contributed by atoms with Crippen LogP contribution in [-0.4, -0.2) is 5.16 Å². The van der Waals surface area contributed by atoms with Crippen molar-refractivity contribution in [2.24, 2.45) is 0 Å². The Morgan fingerprint density at radius 3 is 1.21 bits per heavy atom. The Hall–Kier alpha value is -1.13. The number of hydrogen-bond donors (Lipinski definition) is 0. The average Bonchev–Trinajstić information content (AvgIpc) is 2.33. The summed E-state index contributed by atoms with van der Waals surface area (Å²) >= 11 is 0. The van der Waals surface area contributed by atoms with Crippen LogP contribution in [0.3, 0.4) is 0 Å². The summed E-state index contributed by atoms with van der Waals surface area (Å²) in [7, 11) is -0.317. The van der Waals surface area contributed by atoms with E-state index in [1.165, 1.54) is 21.7 Å². The van der Waals surface area contributed by atoms with E-state index in [9.17, 15) is 0 Å². The van der Waals surface area contributed by atoms with Crippen molar-refractivity contribution in [1.82, 2.24) is 0 Å². The summed E-state index contributed by atoms with van der Waals surface area (Å²) in [6.07, 6.45) is 0. The molecule has 2 rings (SSSR count). The molecule has 0 N–H and O–H groups in total. The van der Waals surface area contributed by atoms with E-state index in [0.717, 1.165) is 0 Å². The van der Waals surface area contributed by atoms with Gasteiger partial charge >= 0.3 is 0 Å². The van der Waals surface area contributed by atoms with Gasteiger partial charge in [-0.05, 0) is 37.5 Å². The van der Waals surface area contributed by atoms with Gasteiger partial charge in [0, 0.05) is 0 Å². The van der Waals surface area contributed by atoms with Gasteiger partial charge in [-0.15, -0.1) is 0 Å². The van der Waals surface area contributed by atoms with Crippen molar-refractivity contribution < 1.29 is 0 Å². The topological polar surface area (TPSA) is 0 Å². The summed E-state index contributed by atoms with van der Waals surface area (Å²) in [4.78, 5) is 0. The zero-order valence-corrected chi connectivity index (χ0v) is 13.5. The van der Waals surface area contributed by atoms with Crippen LogP contribution in [0.5, 0.6) is 0 Å². The van der Waals surface area contributed by atoms with Gasteiger partial charge in [0.2, 0.25) is 0 Å². The second kappa shape index (κ2) is 5.47. The SMILES string of the molecule is Cc1ccc(P(c2ccc(C)cc2)C(C)(C)C)cc1. The van der Waals surface area contributed by atoms with Crippen LogP contribution < -0.4 is 10.6 Å². The highest BCUT2D eigenvalue weighted by Gasteiger charge is 2.27. The largest absolute Gasteiger partial charge is 0.0587 e. The monoisotopic (exact) mass is 270 g/mol. The van der Waals surface area contributed by atoms with Crippen LogP contribution in [0.25, 0.3) is 0 Å². The van der Waals surface area contributed by atoms with E-state index in [1.54, 1.807) is 0 Å². The Bertz CT molecular complexity index is 484. The molecule has 0 amide bonds. The van der Waals surface area contributed by atoms with Crippen molar-refractivity contribution in [2.75, 3.05) is 0 Å². The molecule has 2 aromatic carbocycles. The van der Waals surface area contributed by atoms with Gasteiger partial charge in [-0.2, -0.15) is 0 Å². The Morgan fingerprint density at radius 1 is 0.632 bits per heavy atom.